The van der Waals surface area contributed by atoms with Gasteiger partial charge in [0, 0.05) is 19.6 Å². The topological polar surface area (TPSA) is 41.6 Å². The van der Waals surface area contributed by atoms with Crippen molar-refractivity contribution in [3.8, 4) is 0 Å². The summed E-state index contributed by atoms with van der Waals surface area (Å²) in [6.45, 7) is 5.59. The molecule has 2 saturated heterocycles. The summed E-state index contributed by atoms with van der Waals surface area (Å²) in [6.07, 6.45) is 0. The predicted molar refractivity (Wildman–Crippen MR) is 43.8 cm³/mol. The van der Waals surface area contributed by atoms with Gasteiger partial charge in [-0.15, -0.1) is 0 Å². The van der Waals surface area contributed by atoms with Crippen LogP contribution in [0.25, 0.3) is 0 Å². The normalized spacial score (nSPS) is 27.4. The molecule has 0 aromatic heterocycles. The molecule has 4 nitrogen and oxygen atoms in total. The number of nitrogens with one attached hydrogen (secondary N) is 1. The molecule has 1 spiro atoms. The maximum absolute atomic E-state index is 11.2. The first-order chi connectivity index (χ1) is 5.76. The van der Waals surface area contributed by atoms with Crippen molar-refractivity contribution in [2.75, 3.05) is 32.8 Å². The number of morpholine rings is 1. The molecule has 12 heavy (non-hydrogen) atoms. The summed E-state index contributed by atoms with van der Waals surface area (Å²) in [4.78, 5) is 13.1. The molecule has 0 atom stereocenters. The van der Waals surface area contributed by atoms with Crippen molar-refractivity contribution in [2.45, 2.75) is 12.5 Å². The van der Waals surface area contributed by atoms with Crippen LogP contribution in [-0.4, -0.2) is 49.2 Å². The largest absolute Gasteiger partial charge is 0.361 e. The van der Waals surface area contributed by atoms with E-state index in [9.17, 15) is 4.79 Å². The Bertz CT molecular complexity index is 201. The minimum atomic E-state index is -0.0517. The number of likely N-dealkylation sites (N-methyl/N-ethyl adjacent to an activating group) is 1. The van der Waals surface area contributed by atoms with Gasteiger partial charge in [0.15, 0.2) is 0 Å². The van der Waals surface area contributed by atoms with Crippen LogP contribution in [0.15, 0.2) is 0 Å². The first kappa shape index (κ1) is 8.01. The van der Waals surface area contributed by atoms with E-state index < -0.39 is 0 Å². The highest BCUT2D eigenvalue weighted by Crippen LogP contribution is 2.22. The zero-order chi connectivity index (χ0) is 8.60. The smallest absolute Gasteiger partial charge is 0.248 e. The van der Waals surface area contributed by atoms with E-state index in [2.05, 4.69) is 5.32 Å². The third-order valence-corrected chi connectivity index (χ3v) is 2.61. The lowest BCUT2D eigenvalue weighted by molar-refractivity contribution is -0.171. The molecule has 0 saturated carbocycles. The van der Waals surface area contributed by atoms with Crippen LogP contribution in [0.5, 0.6) is 0 Å². The van der Waals surface area contributed by atoms with Crippen molar-refractivity contribution in [2.24, 2.45) is 0 Å². The van der Waals surface area contributed by atoms with E-state index in [1.54, 1.807) is 0 Å². The van der Waals surface area contributed by atoms with Crippen LogP contribution in [-0.2, 0) is 9.53 Å². The molecule has 0 aliphatic carbocycles. The van der Waals surface area contributed by atoms with E-state index in [1.807, 2.05) is 11.8 Å². The van der Waals surface area contributed by atoms with Crippen molar-refractivity contribution in [3.63, 3.8) is 0 Å². The zero-order valence-corrected chi connectivity index (χ0v) is 7.30. The lowest BCUT2D eigenvalue weighted by Crippen LogP contribution is -2.69. The summed E-state index contributed by atoms with van der Waals surface area (Å²) in [5.41, 5.74) is -0.0517. The monoisotopic (exact) mass is 170 g/mol. The average Bonchev–Trinajstić information content (AvgIpc) is 2.03. The molecule has 2 rings (SSSR count). The number of hydrogen-bond acceptors (Lipinski definition) is 3. The Morgan fingerprint density at radius 3 is 2.92 bits per heavy atom. The lowest BCUT2D eigenvalue weighted by Gasteiger charge is -2.48. The average molecular weight is 170 g/mol. The lowest BCUT2D eigenvalue weighted by atomic mass is 9.94. The Hall–Kier alpha value is -0.610. The summed E-state index contributed by atoms with van der Waals surface area (Å²) in [5, 5.41) is 3.17. The predicted octanol–water partition coefficient (Wildman–Crippen LogP) is -0.793. The van der Waals surface area contributed by atoms with Crippen LogP contribution in [0.4, 0.5) is 0 Å². The number of rotatable bonds is 1. The minimum absolute atomic E-state index is 0.0517. The first-order valence-corrected chi connectivity index (χ1v) is 4.38. The van der Waals surface area contributed by atoms with Crippen LogP contribution in [0.1, 0.15) is 6.92 Å². The Morgan fingerprint density at radius 2 is 2.42 bits per heavy atom. The highest BCUT2D eigenvalue weighted by Gasteiger charge is 2.44. The molecule has 1 amide bonds. The van der Waals surface area contributed by atoms with E-state index in [0.717, 1.165) is 26.2 Å². The quantitative estimate of drug-likeness (QED) is 0.560. The van der Waals surface area contributed by atoms with Crippen LogP contribution in [0.2, 0.25) is 0 Å². The van der Waals surface area contributed by atoms with Gasteiger partial charge in [-0.2, -0.15) is 0 Å². The molecular weight excluding hydrogens is 156 g/mol. The molecular formula is C8H14N2O2. The molecule has 2 aliphatic heterocycles. The second kappa shape index (κ2) is 2.71. The van der Waals surface area contributed by atoms with Crippen molar-refractivity contribution in [1.82, 2.24) is 10.2 Å². The van der Waals surface area contributed by atoms with E-state index in [1.165, 1.54) is 0 Å². The molecule has 2 heterocycles. The Balaban J connectivity index is 2.01. The van der Waals surface area contributed by atoms with Crippen LogP contribution in [0.3, 0.4) is 0 Å². The van der Waals surface area contributed by atoms with E-state index in [0.29, 0.717) is 0 Å². The fourth-order valence-corrected chi connectivity index (χ4v) is 1.69. The zero-order valence-electron chi connectivity index (χ0n) is 7.30. The molecule has 0 aromatic carbocycles. The fourth-order valence-electron chi connectivity index (χ4n) is 1.69. The Morgan fingerprint density at radius 1 is 1.67 bits per heavy atom. The second-order valence-electron chi connectivity index (χ2n) is 3.48. The van der Waals surface area contributed by atoms with Gasteiger partial charge < -0.3 is 15.0 Å². The number of ether oxygens (including phenoxy) is 1. The van der Waals surface area contributed by atoms with Gasteiger partial charge in [-0.25, -0.2) is 0 Å². The fraction of sp³-hybridized carbons (Fsp3) is 0.875. The van der Waals surface area contributed by atoms with Crippen molar-refractivity contribution < 1.29 is 9.53 Å². The molecule has 0 bridgehead atoms. The number of carbonyl (C=O) groups is 1. The Kier molecular flexibility index (Phi) is 1.81. The van der Waals surface area contributed by atoms with Gasteiger partial charge in [0.2, 0.25) is 5.91 Å². The third kappa shape index (κ3) is 1.11. The first-order valence-electron chi connectivity index (χ1n) is 4.38. The van der Waals surface area contributed by atoms with Gasteiger partial charge in [0.05, 0.1) is 6.54 Å². The van der Waals surface area contributed by atoms with E-state index >= 15 is 0 Å². The number of carbonyl (C=O) groups excluding carboxylic acids is 1. The highest BCUT2D eigenvalue weighted by molar-refractivity contribution is 5.78. The summed E-state index contributed by atoms with van der Waals surface area (Å²) in [6, 6.07) is 0. The maximum Gasteiger partial charge on any atom is 0.248 e. The van der Waals surface area contributed by atoms with Gasteiger partial charge >= 0.3 is 0 Å². The maximum atomic E-state index is 11.2. The number of nitrogens with zero attached hydrogens (tertiary/aromatic N) is 1. The minimum Gasteiger partial charge on any atom is -0.361 e. The van der Waals surface area contributed by atoms with Gasteiger partial charge in [-0.05, 0) is 6.92 Å². The van der Waals surface area contributed by atoms with Crippen LogP contribution < -0.4 is 5.32 Å². The van der Waals surface area contributed by atoms with Gasteiger partial charge in [-0.3, -0.25) is 4.79 Å². The highest BCUT2D eigenvalue weighted by atomic mass is 16.5. The van der Waals surface area contributed by atoms with Crippen molar-refractivity contribution in [1.29, 1.82) is 0 Å². The molecule has 2 fully saturated rings. The molecule has 0 aromatic rings. The summed E-state index contributed by atoms with van der Waals surface area (Å²) in [5.74, 6) is 0.120. The summed E-state index contributed by atoms with van der Waals surface area (Å²) in [7, 11) is 0. The molecule has 4 heteroatoms. The standard InChI is InChI=1S/C8H14N2O2/c1-2-10-6-8(4-9-5-8)12-3-7(10)11/h9H,2-6H2,1H3. The van der Waals surface area contributed by atoms with Crippen molar-refractivity contribution >= 4 is 5.91 Å². The van der Waals surface area contributed by atoms with Crippen molar-refractivity contribution in [3.05, 3.63) is 0 Å². The second-order valence-corrected chi connectivity index (χ2v) is 3.48. The van der Waals surface area contributed by atoms with Crippen LogP contribution in [0, 0.1) is 0 Å². The number of hydrogen-bond donors (Lipinski definition) is 1. The molecule has 0 unspecified atom stereocenters. The third-order valence-electron chi connectivity index (χ3n) is 2.61. The molecule has 0 radical (unpaired) electrons. The molecule has 1 N–H and O–H groups in total. The summed E-state index contributed by atoms with van der Waals surface area (Å²) < 4.78 is 5.49. The molecule has 2 aliphatic rings. The number of amides is 1. The Labute approximate surface area is 71.9 Å². The van der Waals surface area contributed by atoms with Gasteiger partial charge in [0.1, 0.15) is 12.2 Å². The van der Waals surface area contributed by atoms with E-state index in [-0.39, 0.29) is 18.1 Å². The SMILES string of the molecule is CCN1CC2(CNC2)OCC1=O. The molecule has 68 valence electrons. The van der Waals surface area contributed by atoms with E-state index in [4.69, 9.17) is 4.74 Å². The van der Waals surface area contributed by atoms with Gasteiger partial charge in [-0.1, -0.05) is 0 Å². The summed E-state index contributed by atoms with van der Waals surface area (Å²) >= 11 is 0. The van der Waals surface area contributed by atoms with Gasteiger partial charge in [0.25, 0.3) is 0 Å². The van der Waals surface area contributed by atoms with Crippen LogP contribution >= 0.6 is 0 Å².